The second-order valence-electron chi connectivity index (χ2n) is 2.56. The summed E-state index contributed by atoms with van der Waals surface area (Å²) in [6, 6.07) is 0. The average Bonchev–Trinajstić information content (AvgIpc) is 1.86. The SMILES string of the molecule is CC#CCOC(=O)C(C)(C)O. The number of rotatable bonds is 2. The van der Waals surface area contributed by atoms with Gasteiger partial charge in [-0.3, -0.25) is 0 Å². The minimum Gasteiger partial charge on any atom is -0.450 e. The Labute approximate surface area is 66.4 Å². The molecule has 0 heterocycles. The van der Waals surface area contributed by atoms with E-state index in [0.29, 0.717) is 0 Å². The average molecular weight is 156 g/mol. The standard InChI is InChI=1S/C8H12O3/c1-4-5-6-11-7(9)8(2,3)10/h10H,6H2,1-3H3. The van der Waals surface area contributed by atoms with Crippen LogP contribution in [0, 0.1) is 11.8 Å². The van der Waals surface area contributed by atoms with E-state index < -0.39 is 11.6 Å². The van der Waals surface area contributed by atoms with Gasteiger partial charge in [0.2, 0.25) is 0 Å². The lowest BCUT2D eigenvalue weighted by Gasteiger charge is -2.13. The van der Waals surface area contributed by atoms with Crippen molar-refractivity contribution in [2.45, 2.75) is 26.4 Å². The van der Waals surface area contributed by atoms with E-state index in [4.69, 9.17) is 5.11 Å². The largest absolute Gasteiger partial charge is 0.450 e. The van der Waals surface area contributed by atoms with Gasteiger partial charge in [-0.2, -0.15) is 0 Å². The molecule has 0 spiro atoms. The zero-order valence-corrected chi connectivity index (χ0v) is 6.97. The van der Waals surface area contributed by atoms with E-state index in [1.54, 1.807) is 6.92 Å². The first-order chi connectivity index (χ1) is 4.98. The van der Waals surface area contributed by atoms with Gasteiger partial charge in [-0.25, -0.2) is 4.79 Å². The maximum absolute atomic E-state index is 10.8. The van der Waals surface area contributed by atoms with Crippen molar-refractivity contribution in [3.63, 3.8) is 0 Å². The van der Waals surface area contributed by atoms with Crippen LogP contribution in [0.1, 0.15) is 20.8 Å². The molecule has 11 heavy (non-hydrogen) atoms. The molecule has 0 aromatic heterocycles. The minimum absolute atomic E-state index is 0.0410. The van der Waals surface area contributed by atoms with Crippen LogP contribution in [0.2, 0.25) is 0 Å². The van der Waals surface area contributed by atoms with Crippen molar-refractivity contribution in [1.29, 1.82) is 0 Å². The molecule has 0 aliphatic carbocycles. The van der Waals surface area contributed by atoms with Crippen LogP contribution in [0.5, 0.6) is 0 Å². The Morgan fingerprint density at radius 3 is 2.55 bits per heavy atom. The number of carbonyl (C=O) groups excluding carboxylic acids is 1. The molecule has 0 saturated heterocycles. The summed E-state index contributed by atoms with van der Waals surface area (Å²) in [5.41, 5.74) is -1.42. The Balaban J connectivity index is 3.77. The summed E-state index contributed by atoms with van der Waals surface area (Å²) < 4.78 is 4.58. The molecular formula is C8H12O3. The number of carbonyl (C=O) groups is 1. The van der Waals surface area contributed by atoms with Crippen molar-refractivity contribution in [2.75, 3.05) is 6.61 Å². The Morgan fingerprint density at radius 1 is 1.64 bits per heavy atom. The lowest BCUT2D eigenvalue weighted by Crippen LogP contribution is -2.33. The van der Waals surface area contributed by atoms with E-state index in [9.17, 15) is 4.79 Å². The molecule has 0 aromatic rings. The first-order valence-electron chi connectivity index (χ1n) is 3.27. The van der Waals surface area contributed by atoms with E-state index in [0.717, 1.165) is 0 Å². The Hall–Kier alpha value is -1.01. The monoisotopic (exact) mass is 156 g/mol. The third-order valence-corrected chi connectivity index (χ3v) is 0.952. The van der Waals surface area contributed by atoms with E-state index in [1.807, 2.05) is 0 Å². The Morgan fingerprint density at radius 2 is 2.18 bits per heavy atom. The third kappa shape index (κ3) is 4.40. The minimum atomic E-state index is -1.42. The van der Waals surface area contributed by atoms with Crippen LogP contribution in [0.4, 0.5) is 0 Å². The molecule has 0 saturated carbocycles. The maximum atomic E-state index is 10.8. The highest BCUT2D eigenvalue weighted by Crippen LogP contribution is 2.02. The second kappa shape index (κ2) is 3.99. The third-order valence-electron chi connectivity index (χ3n) is 0.952. The molecule has 3 nitrogen and oxygen atoms in total. The molecule has 0 rings (SSSR count). The second-order valence-corrected chi connectivity index (χ2v) is 2.56. The van der Waals surface area contributed by atoms with Crippen LogP contribution in [0.15, 0.2) is 0 Å². The Kier molecular flexibility index (Phi) is 3.63. The van der Waals surface area contributed by atoms with Crippen molar-refractivity contribution in [3.05, 3.63) is 0 Å². The summed E-state index contributed by atoms with van der Waals surface area (Å²) in [5.74, 6) is 4.46. The summed E-state index contributed by atoms with van der Waals surface area (Å²) in [4.78, 5) is 10.8. The van der Waals surface area contributed by atoms with Crippen molar-refractivity contribution in [3.8, 4) is 11.8 Å². The summed E-state index contributed by atoms with van der Waals surface area (Å²) >= 11 is 0. The lowest BCUT2D eigenvalue weighted by atomic mass is 10.1. The van der Waals surface area contributed by atoms with Crippen LogP contribution in [-0.2, 0) is 9.53 Å². The maximum Gasteiger partial charge on any atom is 0.338 e. The predicted octanol–water partition coefficient (Wildman–Crippen LogP) is 0.324. The number of hydrogen-bond donors (Lipinski definition) is 1. The van der Waals surface area contributed by atoms with Gasteiger partial charge in [-0.05, 0) is 20.8 Å². The molecule has 0 aromatic carbocycles. The molecule has 0 fully saturated rings. The van der Waals surface area contributed by atoms with E-state index >= 15 is 0 Å². The van der Waals surface area contributed by atoms with Gasteiger partial charge in [-0.1, -0.05) is 5.92 Å². The van der Waals surface area contributed by atoms with Gasteiger partial charge >= 0.3 is 5.97 Å². The van der Waals surface area contributed by atoms with E-state index in [-0.39, 0.29) is 6.61 Å². The van der Waals surface area contributed by atoms with Crippen molar-refractivity contribution in [2.24, 2.45) is 0 Å². The first kappa shape index (κ1) is 9.99. The summed E-state index contributed by atoms with van der Waals surface area (Å²) in [6.07, 6.45) is 0. The summed E-state index contributed by atoms with van der Waals surface area (Å²) in [5, 5.41) is 9.06. The van der Waals surface area contributed by atoms with Gasteiger partial charge in [0.15, 0.2) is 12.2 Å². The predicted molar refractivity (Wildman–Crippen MR) is 40.7 cm³/mol. The lowest BCUT2D eigenvalue weighted by molar-refractivity contribution is -0.160. The zero-order chi connectivity index (χ0) is 8.91. The van der Waals surface area contributed by atoms with Crippen LogP contribution in [0.3, 0.4) is 0 Å². The van der Waals surface area contributed by atoms with E-state index in [2.05, 4.69) is 16.6 Å². The van der Waals surface area contributed by atoms with Crippen molar-refractivity contribution in [1.82, 2.24) is 0 Å². The smallest absolute Gasteiger partial charge is 0.338 e. The summed E-state index contributed by atoms with van der Waals surface area (Å²) in [7, 11) is 0. The van der Waals surface area contributed by atoms with Crippen LogP contribution < -0.4 is 0 Å². The van der Waals surface area contributed by atoms with Gasteiger partial charge in [0.25, 0.3) is 0 Å². The van der Waals surface area contributed by atoms with Gasteiger partial charge in [0, 0.05) is 0 Å². The van der Waals surface area contributed by atoms with Gasteiger partial charge < -0.3 is 9.84 Å². The fraction of sp³-hybridized carbons (Fsp3) is 0.625. The molecule has 0 aliphatic heterocycles. The fourth-order valence-corrected chi connectivity index (χ4v) is 0.350. The number of hydrogen-bond acceptors (Lipinski definition) is 3. The molecule has 0 unspecified atom stereocenters. The summed E-state index contributed by atoms with van der Waals surface area (Å²) in [6.45, 7) is 4.43. The fourth-order valence-electron chi connectivity index (χ4n) is 0.350. The van der Waals surface area contributed by atoms with E-state index in [1.165, 1.54) is 13.8 Å². The number of esters is 1. The van der Waals surface area contributed by atoms with Gasteiger partial charge in [0.05, 0.1) is 0 Å². The van der Waals surface area contributed by atoms with Crippen molar-refractivity contribution < 1.29 is 14.6 Å². The molecule has 0 aliphatic rings. The molecular weight excluding hydrogens is 144 g/mol. The molecule has 3 heteroatoms. The highest BCUT2D eigenvalue weighted by Gasteiger charge is 2.24. The van der Waals surface area contributed by atoms with Crippen LogP contribution >= 0.6 is 0 Å². The number of ether oxygens (including phenoxy) is 1. The molecule has 0 bridgehead atoms. The van der Waals surface area contributed by atoms with Gasteiger partial charge in [-0.15, -0.1) is 5.92 Å². The molecule has 62 valence electrons. The van der Waals surface area contributed by atoms with Crippen LogP contribution in [-0.4, -0.2) is 23.3 Å². The molecule has 1 N–H and O–H groups in total. The number of aliphatic hydroxyl groups is 1. The highest BCUT2D eigenvalue weighted by atomic mass is 16.5. The van der Waals surface area contributed by atoms with Crippen LogP contribution in [0.25, 0.3) is 0 Å². The van der Waals surface area contributed by atoms with Crippen molar-refractivity contribution >= 4 is 5.97 Å². The topological polar surface area (TPSA) is 46.5 Å². The first-order valence-corrected chi connectivity index (χ1v) is 3.27. The van der Waals surface area contributed by atoms with Gasteiger partial charge in [0.1, 0.15) is 0 Å². The highest BCUT2D eigenvalue weighted by molar-refractivity contribution is 5.78. The Bertz CT molecular complexity index is 190. The quantitative estimate of drug-likeness (QED) is 0.462. The normalized spacial score (nSPS) is 9.82. The zero-order valence-electron chi connectivity index (χ0n) is 6.97. The molecule has 0 radical (unpaired) electrons. The molecule has 0 atom stereocenters. The molecule has 0 amide bonds.